The molecule has 0 bridgehead atoms. The molecule has 0 saturated heterocycles. The molecule has 0 saturated carbocycles. The van der Waals surface area contributed by atoms with Crippen LogP contribution >= 0.6 is 23.1 Å². The molecule has 0 aromatic carbocycles. The maximum absolute atomic E-state index is 8.51. The third-order valence-electron chi connectivity index (χ3n) is 1.68. The van der Waals surface area contributed by atoms with Crippen LogP contribution in [0.3, 0.4) is 0 Å². The Labute approximate surface area is 89.8 Å². The van der Waals surface area contributed by atoms with Gasteiger partial charge < -0.3 is 0 Å². The average molecular weight is 221 g/mol. The zero-order chi connectivity index (χ0) is 9.97. The van der Waals surface area contributed by atoms with Crippen molar-refractivity contribution < 1.29 is 0 Å². The summed E-state index contributed by atoms with van der Waals surface area (Å²) >= 11 is 3.06. The largest absolute Gasteiger partial charge is 0.226 e. The van der Waals surface area contributed by atoms with Crippen molar-refractivity contribution in [2.75, 3.05) is 5.75 Å². The molecule has 0 N–H and O–H groups in total. The van der Waals surface area contributed by atoms with E-state index in [2.05, 4.69) is 16.0 Å². The molecule has 0 aliphatic carbocycles. The van der Waals surface area contributed by atoms with Crippen LogP contribution in [-0.2, 0) is 0 Å². The smallest absolute Gasteiger partial charge is 0.128 e. The summed E-state index contributed by atoms with van der Waals surface area (Å²) in [5.41, 5.74) is 0. The highest BCUT2D eigenvalue weighted by atomic mass is 32.2. The Bertz CT molecular complexity index is 498. The van der Waals surface area contributed by atoms with Gasteiger partial charge in [0.25, 0.3) is 0 Å². The molecule has 2 aromatic rings. The van der Waals surface area contributed by atoms with Gasteiger partial charge >= 0.3 is 0 Å². The Morgan fingerprint density at radius 3 is 3.21 bits per heavy atom. The molecule has 5 heteroatoms. The monoisotopic (exact) mass is 221 g/mol. The zero-order valence-electron chi connectivity index (χ0n) is 7.52. The first-order chi connectivity index (χ1) is 6.81. The first kappa shape index (κ1) is 9.44. The quantitative estimate of drug-likeness (QED) is 0.577. The highest BCUT2D eigenvalue weighted by molar-refractivity contribution is 7.99. The average Bonchev–Trinajstić information content (AvgIpc) is 2.61. The standard InChI is InChI=1S/C9H7N3S2/c1-6-11-8-7(2-4-13-8)9(12-6)14-5-3-10/h2,4H,5H2,1H3. The number of fused-ring (bicyclic) bond motifs is 1. The highest BCUT2D eigenvalue weighted by Gasteiger charge is 2.06. The number of aryl methyl sites for hydroxylation is 1. The summed E-state index contributed by atoms with van der Waals surface area (Å²) in [7, 11) is 0. The summed E-state index contributed by atoms with van der Waals surface area (Å²) in [6.07, 6.45) is 0. The molecule has 0 unspecified atom stereocenters. The van der Waals surface area contributed by atoms with Gasteiger partial charge in [-0.15, -0.1) is 11.3 Å². The SMILES string of the molecule is Cc1nc(SCC#N)c2ccsc2n1. The molecular formula is C9H7N3S2. The molecule has 0 aliphatic heterocycles. The Hall–Kier alpha value is -1.12. The first-order valence-electron chi connectivity index (χ1n) is 4.03. The lowest BCUT2D eigenvalue weighted by molar-refractivity contribution is 1.02. The van der Waals surface area contributed by atoms with Gasteiger partial charge in [-0.2, -0.15) is 5.26 Å². The van der Waals surface area contributed by atoms with Crippen molar-refractivity contribution in [3.8, 4) is 6.07 Å². The minimum absolute atomic E-state index is 0.432. The molecular weight excluding hydrogens is 214 g/mol. The van der Waals surface area contributed by atoms with Crippen molar-refractivity contribution in [2.45, 2.75) is 11.9 Å². The van der Waals surface area contributed by atoms with Gasteiger partial charge in [0.2, 0.25) is 0 Å². The van der Waals surface area contributed by atoms with Crippen LogP contribution in [0.2, 0.25) is 0 Å². The number of rotatable bonds is 2. The molecule has 14 heavy (non-hydrogen) atoms. The topological polar surface area (TPSA) is 49.6 Å². The van der Waals surface area contributed by atoms with E-state index < -0.39 is 0 Å². The predicted molar refractivity (Wildman–Crippen MR) is 58.5 cm³/mol. The first-order valence-corrected chi connectivity index (χ1v) is 5.89. The van der Waals surface area contributed by atoms with Crippen molar-refractivity contribution in [3.05, 3.63) is 17.3 Å². The van der Waals surface area contributed by atoms with E-state index in [-0.39, 0.29) is 0 Å². The van der Waals surface area contributed by atoms with Crippen molar-refractivity contribution in [1.82, 2.24) is 9.97 Å². The number of nitriles is 1. The van der Waals surface area contributed by atoms with Crippen LogP contribution in [0.4, 0.5) is 0 Å². The fraction of sp³-hybridized carbons (Fsp3) is 0.222. The molecule has 3 nitrogen and oxygen atoms in total. The number of thiophene rings is 1. The van der Waals surface area contributed by atoms with Crippen molar-refractivity contribution in [2.24, 2.45) is 0 Å². The summed E-state index contributed by atoms with van der Waals surface area (Å²) in [6.45, 7) is 1.87. The van der Waals surface area contributed by atoms with Crippen LogP contribution in [0.25, 0.3) is 10.2 Å². The third-order valence-corrected chi connectivity index (χ3v) is 3.34. The van der Waals surface area contributed by atoms with E-state index in [0.29, 0.717) is 5.75 Å². The van der Waals surface area contributed by atoms with Crippen LogP contribution in [0.15, 0.2) is 16.5 Å². The van der Waals surface area contributed by atoms with E-state index in [4.69, 9.17) is 5.26 Å². The van der Waals surface area contributed by atoms with E-state index in [1.54, 1.807) is 11.3 Å². The Morgan fingerprint density at radius 2 is 2.43 bits per heavy atom. The Balaban J connectivity index is 2.51. The van der Waals surface area contributed by atoms with Gasteiger partial charge in [0.15, 0.2) is 0 Å². The molecule has 0 aliphatic rings. The lowest BCUT2D eigenvalue weighted by Gasteiger charge is -1.99. The molecule has 0 atom stereocenters. The summed E-state index contributed by atoms with van der Waals surface area (Å²) in [5.74, 6) is 1.20. The summed E-state index contributed by atoms with van der Waals surface area (Å²) < 4.78 is 0. The highest BCUT2D eigenvalue weighted by Crippen LogP contribution is 2.28. The van der Waals surface area contributed by atoms with Crippen LogP contribution in [0.5, 0.6) is 0 Å². The number of aromatic nitrogens is 2. The van der Waals surface area contributed by atoms with E-state index in [0.717, 1.165) is 21.1 Å². The van der Waals surface area contributed by atoms with E-state index >= 15 is 0 Å². The van der Waals surface area contributed by atoms with Crippen molar-refractivity contribution in [1.29, 1.82) is 5.26 Å². The van der Waals surface area contributed by atoms with Gasteiger partial charge in [0, 0.05) is 5.39 Å². The van der Waals surface area contributed by atoms with E-state index in [1.165, 1.54) is 11.8 Å². The fourth-order valence-electron chi connectivity index (χ4n) is 1.14. The minimum Gasteiger partial charge on any atom is -0.226 e. The number of hydrogen-bond donors (Lipinski definition) is 0. The Kier molecular flexibility index (Phi) is 2.66. The molecule has 0 radical (unpaired) electrons. The van der Waals surface area contributed by atoms with Crippen LogP contribution < -0.4 is 0 Å². The lowest BCUT2D eigenvalue weighted by atomic mass is 10.4. The van der Waals surface area contributed by atoms with Gasteiger partial charge in [-0.3, -0.25) is 0 Å². The molecule has 2 heterocycles. The maximum Gasteiger partial charge on any atom is 0.128 e. The van der Waals surface area contributed by atoms with E-state index in [1.807, 2.05) is 18.4 Å². The fourth-order valence-corrected chi connectivity index (χ4v) is 2.73. The summed E-state index contributed by atoms with van der Waals surface area (Å²) in [4.78, 5) is 9.63. The molecule has 0 fully saturated rings. The van der Waals surface area contributed by atoms with E-state index in [9.17, 15) is 0 Å². The van der Waals surface area contributed by atoms with Gasteiger partial charge in [-0.05, 0) is 18.4 Å². The second-order valence-corrected chi connectivity index (χ2v) is 4.52. The van der Waals surface area contributed by atoms with Gasteiger partial charge in [-0.25, -0.2) is 9.97 Å². The molecule has 0 amide bonds. The van der Waals surface area contributed by atoms with Gasteiger partial charge in [0.1, 0.15) is 15.7 Å². The lowest BCUT2D eigenvalue weighted by Crippen LogP contribution is -1.90. The van der Waals surface area contributed by atoms with Crippen LogP contribution in [-0.4, -0.2) is 15.7 Å². The van der Waals surface area contributed by atoms with Crippen molar-refractivity contribution >= 4 is 33.3 Å². The number of nitrogens with zero attached hydrogens (tertiary/aromatic N) is 3. The van der Waals surface area contributed by atoms with Gasteiger partial charge in [0.05, 0.1) is 11.8 Å². The molecule has 70 valence electrons. The Morgan fingerprint density at radius 1 is 1.57 bits per heavy atom. The minimum atomic E-state index is 0.432. The normalized spacial score (nSPS) is 10.3. The second-order valence-electron chi connectivity index (χ2n) is 2.66. The molecule has 2 aromatic heterocycles. The second kappa shape index (κ2) is 3.95. The molecule has 0 spiro atoms. The van der Waals surface area contributed by atoms with Crippen LogP contribution in [0.1, 0.15) is 5.82 Å². The van der Waals surface area contributed by atoms with Crippen LogP contribution in [0, 0.1) is 18.3 Å². The van der Waals surface area contributed by atoms with Gasteiger partial charge in [-0.1, -0.05) is 11.8 Å². The molecule has 2 rings (SSSR count). The number of thioether (sulfide) groups is 1. The van der Waals surface area contributed by atoms with Crippen molar-refractivity contribution in [3.63, 3.8) is 0 Å². The maximum atomic E-state index is 8.51. The third kappa shape index (κ3) is 1.72. The number of hydrogen-bond acceptors (Lipinski definition) is 5. The summed E-state index contributed by atoms with van der Waals surface area (Å²) in [6, 6.07) is 4.10. The summed E-state index contributed by atoms with van der Waals surface area (Å²) in [5, 5.41) is 12.5. The zero-order valence-corrected chi connectivity index (χ0v) is 9.15. The predicted octanol–water partition coefficient (Wildman–Crippen LogP) is 2.62.